The van der Waals surface area contributed by atoms with Crippen molar-refractivity contribution in [3.8, 4) is 0 Å². The zero-order chi connectivity index (χ0) is 11.0. The van der Waals surface area contributed by atoms with Crippen molar-refractivity contribution in [2.45, 2.75) is 6.04 Å². The van der Waals surface area contributed by atoms with Crippen molar-refractivity contribution in [3.05, 3.63) is 26.6 Å². The lowest BCUT2D eigenvalue weighted by atomic mass is 10.1. The van der Waals surface area contributed by atoms with E-state index in [4.69, 9.17) is 10.5 Å². The van der Waals surface area contributed by atoms with E-state index in [1.165, 1.54) is 0 Å². The molecule has 0 bridgehead atoms. The van der Waals surface area contributed by atoms with Gasteiger partial charge in [0.25, 0.3) is 0 Å². The molecular formula is C9H8Br2N2O2. The quantitative estimate of drug-likeness (QED) is 0.775. The summed E-state index contributed by atoms with van der Waals surface area (Å²) in [6, 6.07) is 3.56. The normalized spacial score (nSPS) is 19.9. The fourth-order valence-corrected chi connectivity index (χ4v) is 2.70. The molecule has 1 aromatic carbocycles. The minimum Gasteiger partial charge on any atom is -0.447 e. The van der Waals surface area contributed by atoms with Crippen LogP contribution in [0, 0.1) is 0 Å². The number of carbonyl (C=O) groups is 1. The number of nitrogen functional groups attached to an aromatic ring is 1. The van der Waals surface area contributed by atoms with Crippen molar-refractivity contribution >= 4 is 43.6 Å². The standard InChI is InChI=1S/C9H8Br2N2O2/c10-4-1-5(8(12)6(11)2-4)7-3-15-9(14)13-7/h1-2,7H,3,12H2,(H,13,14)/t7-/m0/s1. The zero-order valence-electron chi connectivity index (χ0n) is 7.59. The molecule has 2 rings (SSSR count). The molecule has 0 aliphatic carbocycles. The minimum absolute atomic E-state index is 0.175. The van der Waals surface area contributed by atoms with E-state index in [9.17, 15) is 4.79 Å². The van der Waals surface area contributed by atoms with Crippen LogP contribution in [-0.2, 0) is 4.74 Å². The first-order valence-corrected chi connectivity index (χ1v) is 5.84. The first-order chi connectivity index (χ1) is 7.08. The maximum Gasteiger partial charge on any atom is 0.407 e. The van der Waals surface area contributed by atoms with E-state index in [0.29, 0.717) is 12.3 Å². The number of anilines is 1. The molecule has 3 N–H and O–H groups in total. The van der Waals surface area contributed by atoms with Crippen LogP contribution in [0.5, 0.6) is 0 Å². The summed E-state index contributed by atoms with van der Waals surface area (Å²) in [7, 11) is 0. The van der Waals surface area contributed by atoms with E-state index in [1.807, 2.05) is 12.1 Å². The molecule has 6 heteroatoms. The molecule has 0 unspecified atom stereocenters. The van der Waals surface area contributed by atoms with E-state index in [-0.39, 0.29) is 6.04 Å². The lowest BCUT2D eigenvalue weighted by molar-refractivity contribution is 0.177. The van der Waals surface area contributed by atoms with Crippen LogP contribution in [0.2, 0.25) is 0 Å². The Morgan fingerprint density at radius 1 is 1.47 bits per heavy atom. The Labute approximate surface area is 103 Å². The average molecular weight is 336 g/mol. The molecule has 80 valence electrons. The summed E-state index contributed by atoms with van der Waals surface area (Å²) < 4.78 is 6.52. The van der Waals surface area contributed by atoms with Gasteiger partial charge in [0.2, 0.25) is 0 Å². The summed E-state index contributed by atoms with van der Waals surface area (Å²) in [6.07, 6.45) is -0.407. The number of hydrogen-bond acceptors (Lipinski definition) is 3. The number of nitrogens with two attached hydrogens (primary N) is 1. The molecule has 1 aliphatic rings. The summed E-state index contributed by atoms with van der Waals surface area (Å²) in [5.74, 6) is 0. The molecule has 4 nitrogen and oxygen atoms in total. The second-order valence-corrected chi connectivity index (χ2v) is 4.96. The summed E-state index contributed by atoms with van der Waals surface area (Å²) in [6.45, 7) is 0.311. The Morgan fingerprint density at radius 2 is 2.20 bits per heavy atom. The number of hydrogen-bond donors (Lipinski definition) is 2. The van der Waals surface area contributed by atoms with Crippen LogP contribution in [0.4, 0.5) is 10.5 Å². The largest absolute Gasteiger partial charge is 0.447 e. The third-order valence-corrected chi connectivity index (χ3v) is 3.29. The first-order valence-electron chi connectivity index (χ1n) is 4.25. The van der Waals surface area contributed by atoms with Gasteiger partial charge in [0.15, 0.2) is 0 Å². The van der Waals surface area contributed by atoms with Gasteiger partial charge in [0.1, 0.15) is 6.61 Å². The van der Waals surface area contributed by atoms with Crippen molar-refractivity contribution < 1.29 is 9.53 Å². The Balaban J connectivity index is 2.39. The van der Waals surface area contributed by atoms with Crippen LogP contribution in [0.3, 0.4) is 0 Å². The molecule has 1 heterocycles. The van der Waals surface area contributed by atoms with E-state index < -0.39 is 6.09 Å². The van der Waals surface area contributed by atoms with Crippen LogP contribution < -0.4 is 11.1 Å². The SMILES string of the molecule is Nc1c(Br)cc(Br)cc1[C@@H]1COC(=O)N1. The molecule has 1 atom stereocenters. The van der Waals surface area contributed by atoms with Crippen molar-refractivity contribution in [1.82, 2.24) is 5.32 Å². The third-order valence-electron chi connectivity index (χ3n) is 2.17. The number of benzene rings is 1. The molecule has 1 saturated heterocycles. The summed E-state index contributed by atoms with van der Waals surface area (Å²) in [5.41, 5.74) is 7.37. The minimum atomic E-state index is -0.407. The number of alkyl carbamates (subject to hydrolysis) is 1. The Kier molecular flexibility index (Phi) is 2.88. The van der Waals surface area contributed by atoms with Gasteiger partial charge in [0.05, 0.1) is 11.7 Å². The topological polar surface area (TPSA) is 64.3 Å². The number of amides is 1. The van der Waals surface area contributed by atoms with Crippen LogP contribution in [0.25, 0.3) is 0 Å². The monoisotopic (exact) mass is 334 g/mol. The molecule has 1 amide bonds. The van der Waals surface area contributed by atoms with Crippen molar-refractivity contribution in [1.29, 1.82) is 0 Å². The molecule has 1 fully saturated rings. The molecular weight excluding hydrogens is 328 g/mol. The van der Waals surface area contributed by atoms with Gasteiger partial charge in [-0.05, 0) is 28.1 Å². The van der Waals surface area contributed by atoms with Crippen molar-refractivity contribution in [2.75, 3.05) is 12.3 Å². The number of rotatable bonds is 1. The molecule has 1 aliphatic heterocycles. The van der Waals surface area contributed by atoms with Crippen LogP contribution in [-0.4, -0.2) is 12.7 Å². The molecule has 0 radical (unpaired) electrons. The summed E-state index contributed by atoms with van der Waals surface area (Å²) in [5, 5.41) is 2.68. The second kappa shape index (κ2) is 4.02. The highest BCUT2D eigenvalue weighted by molar-refractivity contribution is 9.11. The molecule has 1 aromatic rings. The van der Waals surface area contributed by atoms with Gasteiger partial charge in [0, 0.05) is 14.5 Å². The van der Waals surface area contributed by atoms with Gasteiger partial charge in [-0.1, -0.05) is 15.9 Å². The number of cyclic esters (lactones) is 1. The molecule has 0 saturated carbocycles. The van der Waals surface area contributed by atoms with Gasteiger partial charge in [-0.25, -0.2) is 4.79 Å². The predicted molar refractivity (Wildman–Crippen MR) is 63.5 cm³/mol. The number of carbonyl (C=O) groups excluding carboxylic acids is 1. The predicted octanol–water partition coefficient (Wildman–Crippen LogP) is 2.57. The fraction of sp³-hybridized carbons (Fsp3) is 0.222. The van der Waals surface area contributed by atoms with E-state index in [1.54, 1.807) is 0 Å². The van der Waals surface area contributed by atoms with Gasteiger partial charge in [-0.3, -0.25) is 0 Å². The van der Waals surface area contributed by atoms with E-state index in [2.05, 4.69) is 37.2 Å². The number of nitrogens with one attached hydrogen (secondary N) is 1. The number of ether oxygens (including phenoxy) is 1. The average Bonchev–Trinajstić information content (AvgIpc) is 2.58. The Bertz CT molecular complexity index is 423. The highest BCUT2D eigenvalue weighted by atomic mass is 79.9. The van der Waals surface area contributed by atoms with Gasteiger partial charge >= 0.3 is 6.09 Å². The number of halogens is 2. The highest BCUT2D eigenvalue weighted by Crippen LogP contribution is 2.33. The molecule has 0 aromatic heterocycles. The van der Waals surface area contributed by atoms with Crippen molar-refractivity contribution in [2.24, 2.45) is 0 Å². The first kappa shape index (κ1) is 10.8. The van der Waals surface area contributed by atoms with Crippen LogP contribution in [0.1, 0.15) is 11.6 Å². The zero-order valence-corrected chi connectivity index (χ0v) is 10.8. The van der Waals surface area contributed by atoms with E-state index >= 15 is 0 Å². The molecule has 0 spiro atoms. The maximum atomic E-state index is 10.9. The lowest BCUT2D eigenvalue weighted by Crippen LogP contribution is -2.19. The molecule has 15 heavy (non-hydrogen) atoms. The van der Waals surface area contributed by atoms with Gasteiger partial charge in [-0.15, -0.1) is 0 Å². The second-order valence-electron chi connectivity index (χ2n) is 3.19. The summed E-state index contributed by atoms with van der Waals surface area (Å²) in [4.78, 5) is 10.9. The summed E-state index contributed by atoms with van der Waals surface area (Å²) >= 11 is 6.72. The maximum absolute atomic E-state index is 10.9. The van der Waals surface area contributed by atoms with E-state index in [0.717, 1.165) is 14.5 Å². The van der Waals surface area contributed by atoms with Crippen LogP contribution in [0.15, 0.2) is 21.1 Å². The Hall–Kier alpha value is -0.750. The third kappa shape index (κ3) is 2.10. The van der Waals surface area contributed by atoms with Gasteiger partial charge in [-0.2, -0.15) is 0 Å². The smallest absolute Gasteiger partial charge is 0.407 e. The Morgan fingerprint density at radius 3 is 2.80 bits per heavy atom. The lowest BCUT2D eigenvalue weighted by Gasteiger charge is -2.12. The fourth-order valence-electron chi connectivity index (χ4n) is 1.45. The van der Waals surface area contributed by atoms with Crippen LogP contribution >= 0.6 is 31.9 Å². The van der Waals surface area contributed by atoms with Crippen molar-refractivity contribution in [3.63, 3.8) is 0 Å². The highest BCUT2D eigenvalue weighted by Gasteiger charge is 2.26. The van der Waals surface area contributed by atoms with Gasteiger partial charge < -0.3 is 15.8 Å².